The van der Waals surface area contributed by atoms with E-state index in [2.05, 4.69) is 48.1 Å². The standard InChI is InChI=1S/C31H50O2/c1-20(22(3)18-32)8-9-21(2)23-12-14-29(7)25-11-10-24-27(4,5)26(33)13-15-30(24)19-31(25,30)17-16-28(23,29)6/h21-25,32H,1,8-19H2,2-7H3/t21-,22?,23-,24?,25?,28-,29+,30-,31-/m1/s1. The number of rotatable bonds is 6. The van der Waals surface area contributed by atoms with Crippen LogP contribution in [0.15, 0.2) is 12.2 Å². The summed E-state index contributed by atoms with van der Waals surface area (Å²) in [6.07, 6.45) is 14.0. The Kier molecular flexibility index (Phi) is 5.43. The van der Waals surface area contributed by atoms with Crippen molar-refractivity contribution in [1.82, 2.24) is 0 Å². The van der Waals surface area contributed by atoms with E-state index in [1.807, 2.05) is 0 Å². The Morgan fingerprint density at radius 1 is 0.970 bits per heavy atom. The molecule has 9 atom stereocenters. The summed E-state index contributed by atoms with van der Waals surface area (Å²) in [4.78, 5) is 12.9. The number of aliphatic hydroxyl groups excluding tert-OH is 1. The number of fused-ring (bicyclic) bond motifs is 2. The first-order valence-corrected chi connectivity index (χ1v) is 14.2. The van der Waals surface area contributed by atoms with Crippen molar-refractivity contribution in [3.63, 3.8) is 0 Å². The molecule has 5 aliphatic carbocycles. The fourth-order valence-corrected chi connectivity index (χ4v) is 11.1. The molecule has 0 heterocycles. The van der Waals surface area contributed by atoms with Crippen LogP contribution in [0.25, 0.3) is 0 Å². The zero-order chi connectivity index (χ0) is 24.0. The molecule has 0 aromatic heterocycles. The molecule has 0 aromatic rings. The molecule has 3 unspecified atom stereocenters. The fourth-order valence-electron chi connectivity index (χ4n) is 11.1. The van der Waals surface area contributed by atoms with Crippen LogP contribution < -0.4 is 0 Å². The Balaban J connectivity index is 1.37. The van der Waals surface area contributed by atoms with Crippen molar-refractivity contribution in [2.24, 2.45) is 56.7 Å². The van der Waals surface area contributed by atoms with Gasteiger partial charge in [-0.25, -0.2) is 0 Å². The van der Waals surface area contributed by atoms with Gasteiger partial charge in [0.2, 0.25) is 0 Å². The Morgan fingerprint density at radius 3 is 2.33 bits per heavy atom. The van der Waals surface area contributed by atoms with Crippen molar-refractivity contribution < 1.29 is 9.90 Å². The maximum Gasteiger partial charge on any atom is 0.138 e. The molecule has 5 aliphatic rings. The Hall–Kier alpha value is -0.630. The largest absolute Gasteiger partial charge is 0.396 e. The van der Waals surface area contributed by atoms with E-state index in [-0.39, 0.29) is 17.9 Å². The lowest BCUT2D eigenvalue weighted by atomic mass is 9.42. The molecule has 0 bridgehead atoms. The van der Waals surface area contributed by atoms with Crippen molar-refractivity contribution in [3.8, 4) is 0 Å². The summed E-state index contributed by atoms with van der Waals surface area (Å²) < 4.78 is 0. The molecule has 2 heteroatoms. The molecule has 33 heavy (non-hydrogen) atoms. The minimum Gasteiger partial charge on any atom is -0.396 e. The average Bonchev–Trinajstić information content (AvgIpc) is 3.36. The maximum atomic E-state index is 12.9. The van der Waals surface area contributed by atoms with Crippen molar-refractivity contribution in [2.75, 3.05) is 6.61 Å². The molecule has 186 valence electrons. The van der Waals surface area contributed by atoms with Crippen molar-refractivity contribution in [3.05, 3.63) is 12.2 Å². The number of hydrogen-bond donors (Lipinski definition) is 1. The van der Waals surface area contributed by atoms with Crippen LogP contribution in [-0.2, 0) is 4.79 Å². The van der Waals surface area contributed by atoms with Crippen molar-refractivity contribution >= 4 is 5.78 Å². The van der Waals surface area contributed by atoms with Crippen LogP contribution in [0.1, 0.15) is 112 Å². The highest BCUT2D eigenvalue weighted by Crippen LogP contribution is 2.88. The van der Waals surface area contributed by atoms with Crippen LogP contribution >= 0.6 is 0 Å². The van der Waals surface area contributed by atoms with Gasteiger partial charge in [-0.15, -0.1) is 0 Å². The lowest BCUT2D eigenvalue weighted by Gasteiger charge is -2.62. The van der Waals surface area contributed by atoms with Crippen molar-refractivity contribution in [1.29, 1.82) is 0 Å². The molecule has 1 N–H and O–H groups in total. The summed E-state index contributed by atoms with van der Waals surface area (Å²) in [6, 6.07) is 0. The topological polar surface area (TPSA) is 37.3 Å². The van der Waals surface area contributed by atoms with Crippen molar-refractivity contribution in [2.45, 2.75) is 112 Å². The van der Waals surface area contributed by atoms with E-state index >= 15 is 0 Å². The minimum atomic E-state index is -0.102. The van der Waals surface area contributed by atoms with Gasteiger partial charge in [-0.05, 0) is 115 Å². The summed E-state index contributed by atoms with van der Waals surface area (Å²) in [5.41, 5.74) is 3.06. The summed E-state index contributed by atoms with van der Waals surface area (Å²) in [6.45, 7) is 19.0. The van der Waals surface area contributed by atoms with Gasteiger partial charge in [0.1, 0.15) is 5.78 Å². The Morgan fingerprint density at radius 2 is 1.64 bits per heavy atom. The van der Waals surface area contributed by atoms with Crippen LogP contribution in [-0.4, -0.2) is 17.5 Å². The maximum absolute atomic E-state index is 12.9. The SMILES string of the molecule is C=C(CC[C@@H](C)[C@H]1CC[C@@]2(C)C3CCC4C(C)(C)C(=O)CC[C@@]45C[C@]35CC[C@]12C)C(C)CO. The summed E-state index contributed by atoms with van der Waals surface area (Å²) >= 11 is 0. The van der Waals surface area contributed by atoms with Gasteiger partial charge in [0.25, 0.3) is 0 Å². The van der Waals surface area contributed by atoms with E-state index in [1.165, 1.54) is 63.4 Å². The van der Waals surface area contributed by atoms with Gasteiger partial charge in [0.05, 0.1) is 0 Å². The first kappa shape index (κ1) is 24.1. The van der Waals surface area contributed by atoms with Crippen LogP contribution in [0, 0.1) is 56.7 Å². The summed E-state index contributed by atoms with van der Waals surface area (Å²) in [5, 5.41) is 9.50. The molecule has 2 spiro atoms. The van der Waals surface area contributed by atoms with Gasteiger partial charge >= 0.3 is 0 Å². The second-order valence-corrected chi connectivity index (χ2v) is 14.6. The number of hydrogen-bond acceptors (Lipinski definition) is 2. The number of Topliss-reactive ketones (excluding diaryl/α,β-unsaturated/α-hetero) is 1. The molecule has 5 saturated carbocycles. The number of ketones is 1. The van der Waals surface area contributed by atoms with Crippen LogP contribution in [0.4, 0.5) is 0 Å². The molecule has 5 rings (SSSR count). The predicted molar refractivity (Wildman–Crippen MR) is 136 cm³/mol. The summed E-state index contributed by atoms with van der Waals surface area (Å²) in [7, 11) is 0. The van der Waals surface area contributed by atoms with Crippen LogP contribution in [0.3, 0.4) is 0 Å². The number of carbonyl (C=O) groups excluding carboxylic acids is 1. The second-order valence-electron chi connectivity index (χ2n) is 14.6. The second kappa shape index (κ2) is 7.44. The number of aliphatic hydroxyl groups is 1. The highest BCUT2D eigenvalue weighted by Gasteiger charge is 2.82. The highest BCUT2D eigenvalue weighted by atomic mass is 16.3. The van der Waals surface area contributed by atoms with Crippen LogP contribution in [0.5, 0.6) is 0 Å². The van der Waals surface area contributed by atoms with Gasteiger partial charge in [0, 0.05) is 18.4 Å². The molecular weight excluding hydrogens is 404 g/mol. The molecule has 5 fully saturated rings. The normalized spacial score (nSPS) is 49.3. The van der Waals surface area contributed by atoms with E-state index in [0.717, 1.165) is 30.6 Å². The van der Waals surface area contributed by atoms with E-state index in [1.54, 1.807) is 0 Å². The molecule has 0 amide bonds. The smallest absolute Gasteiger partial charge is 0.138 e. The first-order valence-electron chi connectivity index (χ1n) is 14.2. The lowest BCUT2D eigenvalue weighted by molar-refractivity contribution is -0.157. The minimum absolute atomic E-state index is 0.102. The summed E-state index contributed by atoms with van der Waals surface area (Å²) in [5.74, 6) is 3.80. The monoisotopic (exact) mass is 454 g/mol. The fraction of sp³-hybridized carbons (Fsp3) is 0.903. The molecule has 0 radical (unpaired) electrons. The van der Waals surface area contributed by atoms with Gasteiger partial charge in [0.15, 0.2) is 0 Å². The average molecular weight is 455 g/mol. The van der Waals surface area contributed by atoms with E-state index < -0.39 is 0 Å². The zero-order valence-corrected chi connectivity index (χ0v) is 22.4. The third-order valence-corrected chi connectivity index (χ3v) is 13.5. The third-order valence-electron chi connectivity index (χ3n) is 13.5. The van der Waals surface area contributed by atoms with Gasteiger partial charge in [-0.3, -0.25) is 4.79 Å². The number of carbonyl (C=O) groups is 1. The lowest BCUT2D eigenvalue weighted by Crippen LogP contribution is -2.57. The molecular formula is C31H50O2. The molecule has 0 aromatic carbocycles. The Bertz CT molecular complexity index is 842. The van der Waals surface area contributed by atoms with Gasteiger partial charge < -0.3 is 5.11 Å². The first-order chi connectivity index (χ1) is 15.4. The zero-order valence-electron chi connectivity index (χ0n) is 22.4. The Labute approximate surface area is 203 Å². The quantitative estimate of drug-likeness (QED) is 0.420. The van der Waals surface area contributed by atoms with E-state index in [4.69, 9.17) is 0 Å². The highest BCUT2D eigenvalue weighted by molar-refractivity contribution is 5.86. The molecule has 0 saturated heterocycles. The van der Waals surface area contributed by atoms with Crippen LogP contribution in [0.2, 0.25) is 0 Å². The predicted octanol–water partition coefficient (Wildman–Crippen LogP) is 7.60. The third kappa shape index (κ3) is 2.91. The van der Waals surface area contributed by atoms with Gasteiger partial charge in [-0.2, -0.15) is 0 Å². The van der Waals surface area contributed by atoms with E-state index in [0.29, 0.717) is 33.4 Å². The van der Waals surface area contributed by atoms with E-state index in [9.17, 15) is 9.90 Å². The molecule has 0 aliphatic heterocycles. The molecule has 2 nitrogen and oxygen atoms in total. The van der Waals surface area contributed by atoms with Gasteiger partial charge in [-0.1, -0.05) is 53.7 Å².